The molecule has 144 valence electrons. The first-order valence-corrected chi connectivity index (χ1v) is 8.91. The van der Waals surface area contributed by atoms with Gasteiger partial charge in [0, 0.05) is 6.54 Å². The standard InChI is InChI=1S/C17H19ClFN5O3/c1-10-20-14(27-23-10)9-24-8-3-2-7-13(16(24)25)21-17(26)22-15-11(18)5-4-6-12(15)19/h4-6,13H,2-3,7-9H2,1H3,(H2,21,22,26). The number of amides is 3. The molecule has 0 bridgehead atoms. The van der Waals surface area contributed by atoms with Crippen molar-refractivity contribution >= 4 is 29.2 Å². The van der Waals surface area contributed by atoms with Crippen LogP contribution in [0.3, 0.4) is 0 Å². The van der Waals surface area contributed by atoms with E-state index in [-0.39, 0.29) is 23.2 Å². The van der Waals surface area contributed by atoms with Gasteiger partial charge in [0.1, 0.15) is 18.4 Å². The molecule has 1 unspecified atom stereocenters. The summed E-state index contributed by atoms with van der Waals surface area (Å²) in [5.74, 6) is -0.0800. The minimum absolute atomic E-state index is 0.0748. The maximum atomic E-state index is 13.8. The molecule has 1 aliphatic heterocycles. The van der Waals surface area contributed by atoms with Crippen LogP contribution in [0.25, 0.3) is 0 Å². The van der Waals surface area contributed by atoms with Crippen LogP contribution < -0.4 is 10.6 Å². The molecule has 1 atom stereocenters. The summed E-state index contributed by atoms with van der Waals surface area (Å²) in [7, 11) is 0. The number of rotatable bonds is 4. The number of benzene rings is 1. The van der Waals surface area contributed by atoms with Gasteiger partial charge in [-0.2, -0.15) is 4.98 Å². The minimum Gasteiger partial charge on any atom is -0.337 e. The average molecular weight is 396 g/mol. The number of para-hydroxylation sites is 1. The summed E-state index contributed by atoms with van der Waals surface area (Å²) in [4.78, 5) is 30.7. The van der Waals surface area contributed by atoms with Crippen molar-refractivity contribution in [3.05, 3.63) is 40.8 Å². The number of aromatic nitrogens is 2. The third-order valence-corrected chi connectivity index (χ3v) is 4.50. The average Bonchev–Trinajstić information content (AvgIpc) is 2.96. The molecular weight excluding hydrogens is 377 g/mol. The Labute approximate surface area is 160 Å². The summed E-state index contributed by atoms with van der Waals surface area (Å²) >= 11 is 5.91. The second-order valence-corrected chi connectivity index (χ2v) is 6.65. The fourth-order valence-corrected chi connectivity index (χ4v) is 3.10. The zero-order valence-electron chi connectivity index (χ0n) is 14.7. The van der Waals surface area contributed by atoms with Crippen molar-refractivity contribution in [2.75, 3.05) is 11.9 Å². The molecule has 3 rings (SSSR count). The molecule has 1 fully saturated rings. The van der Waals surface area contributed by atoms with E-state index in [0.29, 0.717) is 24.7 Å². The monoisotopic (exact) mass is 395 g/mol. The van der Waals surface area contributed by atoms with Gasteiger partial charge in [-0.1, -0.05) is 22.8 Å². The van der Waals surface area contributed by atoms with Crippen LogP contribution in [0.2, 0.25) is 5.02 Å². The molecule has 2 N–H and O–H groups in total. The van der Waals surface area contributed by atoms with Crippen molar-refractivity contribution in [1.29, 1.82) is 0 Å². The highest BCUT2D eigenvalue weighted by molar-refractivity contribution is 6.33. The molecule has 0 saturated carbocycles. The Hall–Kier alpha value is -2.68. The Balaban J connectivity index is 1.65. The van der Waals surface area contributed by atoms with E-state index in [9.17, 15) is 14.0 Å². The molecule has 1 saturated heterocycles. The molecule has 0 radical (unpaired) electrons. The van der Waals surface area contributed by atoms with Crippen LogP contribution in [0.15, 0.2) is 22.7 Å². The van der Waals surface area contributed by atoms with Gasteiger partial charge in [0.25, 0.3) is 0 Å². The van der Waals surface area contributed by atoms with E-state index in [1.54, 1.807) is 11.8 Å². The first-order valence-electron chi connectivity index (χ1n) is 8.53. The maximum absolute atomic E-state index is 13.8. The molecule has 2 heterocycles. The van der Waals surface area contributed by atoms with E-state index in [1.807, 2.05) is 0 Å². The lowest BCUT2D eigenvalue weighted by Crippen LogP contribution is -2.48. The largest absolute Gasteiger partial charge is 0.337 e. The van der Waals surface area contributed by atoms with Gasteiger partial charge in [-0.05, 0) is 38.3 Å². The summed E-state index contributed by atoms with van der Waals surface area (Å²) in [6.45, 7) is 2.40. The Morgan fingerprint density at radius 1 is 1.44 bits per heavy atom. The number of nitrogens with zero attached hydrogens (tertiary/aromatic N) is 3. The second kappa shape index (κ2) is 8.34. The molecule has 10 heteroatoms. The molecule has 27 heavy (non-hydrogen) atoms. The lowest BCUT2D eigenvalue weighted by Gasteiger charge is -2.23. The highest BCUT2D eigenvalue weighted by Crippen LogP contribution is 2.24. The highest BCUT2D eigenvalue weighted by Gasteiger charge is 2.29. The number of carbonyl (C=O) groups excluding carboxylic acids is 2. The van der Waals surface area contributed by atoms with E-state index < -0.39 is 17.9 Å². The number of halogens is 2. The smallest absolute Gasteiger partial charge is 0.320 e. The number of likely N-dealkylation sites (tertiary alicyclic amines) is 1. The second-order valence-electron chi connectivity index (χ2n) is 6.24. The molecule has 3 amide bonds. The fraction of sp³-hybridized carbons (Fsp3) is 0.412. The molecule has 1 aliphatic rings. The number of anilines is 1. The van der Waals surface area contributed by atoms with Crippen molar-refractivity contribution in [3.63, 3.8) is 0 Å². The normalized spacial score (nSPS) is 17.5. The predicted octanol–water partition coefficient (Wildman–Crippen LogP) is 2.87. The number of hydrogen-bond donors (Lipinski definition) is 2. The van der Waals surface area contributed by atoms with Gasteiger partial charge in [-0.25, -0.2) is 9.18 Å². The van der Waals surface area contributed by atoms with Crippen LogP contribution in [-0.2, 0) is 11.3 Å². The molecule has 1 aromatic carbocycles. The Bertz CT molecular complexity index is 823. The Morgan fingerprint density at radius 3 is 2.96 bits per heavy atom. The quantitative estimate of drug-likeness (QED) is 0.829. The van der Waals surface area contributed by atoms with Crippen molar-refractivity contribution in [2.45, 2.75) is 38.8 Å². The van der Waals surface area contributed by atoms with Gasteiger partial charge in [0.05, 0.1) is 10.7 Å². The van der Waals surface area contributed by atoms with Gasteiger partial charge >= 0.3 is 6.03 Å². The van der Waals surface area contributed by atoms with Crippen molar-refractivity contribution in [3.8, 4) is 0 Å². The zero-order chi connectivity index (χ0) is 19.4. The first-order chi connectivity index (χ1) is 12.9. The summed E-state index contributed by atoms with van der Waals surface area (Å²) in [5, 5.41) is 8.75. The zero-order valence-corrected chi connectivity index (χ0v) is 15.4. The lowest BCUT2D eigenvalue weighted by atomic mass is 10.1. The van der Waals surface area contributed by atoms with E-state index in [4.69, 9.17) is 16.1 Å². The summed E-state index contributed by atoms with van der Waals surface area (Å²) < 4.78 is 18.9. The van der Waals surface area contributed by atoms with Gasteiger partial charge in [-0.3, -0.25) is 4.79 Å². The molecular formula is C17H19ClFN5O3. The molecule has 1 aromatic heterocycles. The topological polar surface area (TPSA) is 100 Å². The van der Waals surface area contributed by atoms with Gasteiger partial charge in [0.2, 0.25) is 11.8 Å². The van der Waals surface area contributed by atoms with Crippen LogP contribution in [0.5, 0.6) is 0 Å². The fourth-order valence-electron chi connectivity index (χ4n) is 2.89. The molecule has 0 aliphatic carbocycles. The number of nitrogens with one attached hydrogen (secondary N) is 2. The summed E-state index contributed by atoms with van der Waals surface area (Å²) in [5.41, 5.74) is -0.129. The molecule has 2 aromatic rings. The van der Waals surface area contributed by atoms with E-state index in [0.717, 1.165) is 12.8 Å². The number of carbonyl (C=O) groups is 2. The summed E-state index contributed by atoms with van der Waals surface area (Å²) in [6, 6.07) is 2.66. The number of urea groups is 1. The van der Waals surface area contributed by atoms with Crippen molar-refractivity contribution < 1.29 is 18.5 Å². The van der Waals surface area contributed by atoms with Crippen molar-refractivity contribution in [1.82, 2.24) is 20.4 Å². The van der Waals surface area contributed by atoms with E-state index >= 15 is 0 Å². The van der Waals surface area contributed by atoms with E-state index in [2.05, 4.69) is 20.8 Å². The van der Waals surface area contributed by atoms with Gasteiger partial charge < -0.3 is 20.1 Å². The van der Waals surface area contributed by atoms with Crippen LogP contribution >= 0.6 is 11.6 Å². The predicted molar refractivity (Wildman–Crippen MR) is 95.7 cm³/mol. The summed E-state index contributed by atoms with van der Waals surface area (Å²) in [6.07, 6.45) is 2.03. The minimum atomic E-state index is -0.734. The molecule has 0 spiro atoms. The van der Waals surface area contributed by atoms with Gasteiger partial charge in [-0.15, -0.1) is 0 Å². The number of hydrogen-bond acceptors (Lipinski definition) is 5. The number of aryl methyl sites for hydroxylation is 1. The van der Waals surface area contributed by atoms with Crippen LogP contribution in [0, 0.1) is 12.7 Å². The SMILES string of the molecule is Cc1noc(CN2CCCCC(NC(=O)Nc3c(F)cccc3Cl)C2=O)n1. The first kappa shape index (κ1) is 19.1. The maximum Gasteiger partial charge on any atom is 0.320 e. The van der Waals surface area contributed by atoms with Crippen LogP contribution in [0.1, 0.15) is 31.0 Å². The molecule has 8 nitrogen and oxygen atoms in total. The highest BCUT2D eigenvalue weighted by atomic mass is 35.5. The Morgan fingerprint density at radius 2 is 2.26 bits per heavy atom. The van der Waals surface area contributed by atoms with Crippen LogP contribution in [-0.4, -0.2) is 39.6 Å². The van der Waals surface area contributed by atoms with Crippen molar-refractivity contribution in [2.24, 2.45) is 0 Å². The Kier molecular flexibility index (Phi) is 5.90. The van der Waals surface area contributed by atoms with Gasteiger partial charge in [0.15, 0.2) is 5.82 Å². The van der Waals surface area contributed by atoms with Crippen LogP contribution in [0.4, 0.5) is 14.9 Å². The lowest BCUT2D eigenvalue weighted by molar-refractivity contribution is -0.133. The third-order valence-electron chi connectivity index (χ3n) is 4.18. The third kappa shape index (κ3) is 4.73. The van der Waals surface area contributed by atoms with E-state index in [1.165, 1.54) is 18.2 Å².